The van der Waals surface area contributed by atoms with Crippen molar-refractivity contribution in [2.75, 3.05) is 19.6 Å². The average molecular weight is 396 g/mol. The van der Waals surface area contributed by atoms with Crippen molar-refractivity contribution in [3.8, 4) is 0 Å². The van der Waals surface area contributed by atoms with Gasteiger partial charge in [0.15, 0.2) is 0 Å². The number of fused-ring (bicyclic) bond motifs is 1. The predicted octanol–water partition coefficient (Wildman–Crippen LogP) is 1.10. The lowest BCUT2D eigenvalue weighted by Gasteiger charge is -2.32. The number of benzene rings is 1. The number of likely N-dealkylation sites (tertiary alicyclic amines) is 1. The lowest BCUT2D eigenvalue weighted by atomic mass is 9.93. The van der Waals surface area contributed by atoms with Crippen LogP contribution in [0.15, 0.2) is 23.1 Å². The lowest BCUT2D eigenvalue weighted by molar-refractivity contribution is -0.137. The Kier molecular flexibility index (Phi) is 6.13. The maximum atomic E-state index is 12.5. The quantitative estimate of drug-likeness (QED) is 0.714. The minimum Gasteiger partial charge on any atom is -0.481 e. The van der Waals surface area contributed by atoms with Crippen LogP contribution in [0.2, 0.25) is 0 Å². The minimum atomic E-state index is -3.78. The first-order valence-corrected chi connectivity index (χ1v) is 10.5. The maximum absolute atomic E-state index is 12.5. The Balaban J connectivity index is 1.55. The second-order valence-corrected chi connectivity index (χ2v) is 8.80. The Morgan fingerprint density at radius 2 is 2.04 bits per heavy atom. The summed E-state index contributed by atoms with van der Waals surface area (Å²) in [7, 11) is -3.78. The van der Waals surface area contributed by atoms with E-state index in [1.54, 1.807) is 17.0 Å². The molecule has 0 aliphatic carbocycles. The summed E-state index contributed by atoms with van der Waals surface area (Å²) in [6, 6.07) is 4.83. The van der Waals surface area contributed by atoms with Gasteiger partial charge in [0.2, 0.25) is 15.9 Å². The molecule has 148 valence electrons. The molecule has 2 N–H and O–H groups in total. The zero-order valence-corrected chi connectivity index (χ0v) is 15.8. The molecule has 2 heterocycles. The van der Waals surface area contributed by atoms with E-state index < -0.39 is 16.0 Å². The second kappa shape index (κ2) is 8.37. The van der Waals surface area contributed by atoms with Gasteiger partial charge in [-0.3, -0.25) is 9.59 Å². The molecule has 1 saturated heterocycles. The zero-order valence-electron chi connectivity index (χ0n) is 15.0. The van der Waals surface area contributed by atoms with Gasteiger partial charge in [-0.1, -0.05) is 6.07 Å². The number of sulfonamides is 1. The van der Waals surface area contributed by atoms with Crippen LogP contribution in [0.1, 0.15) is 36.8 Å². The van der Waals surface area contributed by atoms with Gasteiger partial charge < -0.3 is 14.7 Å². The number of amides is 1. The van der Waals surface area contributed by atoms with Crippen molar-refractivity contribution in [1.29, 1.82) is 0 Å². The van der Waals surface area contributed by atoms with Crippen molar-refractivity contribution < 1.29 is 27.9 Å². The van der Waals surface area contributed by atoms with Crippen LogP contribution in [0.25, 0.3) is 0 Å². The van der Waals surface area contributed by atoms with E-state index >= 15 is 0 Å². The fourth-order valence-electron chi connectivity index (χ4n) is 3.52. The number of aliphatic carboxylic acids is 1. The lowest BCUT2D eigenvalue weighted by Crippen LogP contribution is -2.45. The molecule has 1 aromatic carbocycles. The molecule has 3 rings (SSSR count). The van der Waals surface area contributed by atoms with E-state index in [0.717, 1.165) is 24.0 Å². The third kappa shape index (κ3) is 5.06. The van der Waals surface area contributed by atoms with Gasteiger partial charge in [-0.05, 0) is 48.4 Å². The molecule has 2 aliphatic rings. The number of piperidine rings is 1. The summed E-state index contributed by atoms with van der Waals surface area (Å²) in [4.78, 5) is 24.9. The van der Waals surface area contributed by atoms with Crippen LogP contribution < -0.4 is 4.72 Å². The Bertz CT molecular complexity index is 823. The van der Waals surface area contributed by atoms with E-state index in [9.17, 15) is 18.0 Å². The van der Waals surface area contributed by atoms with E-state index in [0.29, 0.717) is 32.7 Å². The van der Waals surface area contributed by atoms with Gasteiger partial charge in [-0.25, -0.2) is 13.1 Å². The van der Waals surface area contributed by atoms with Crippen molar-refractivity contribution in [3.05, 3.63) is 29.3 Å². The Morgan fingerprint density at radius 3 is 2.81 bits per heavy atom. The van der Waals surface area contributed by atoms with Crippen LogP contribution in [-0.4, -0.2) is 49.9 Å². The molecule has 27 heavy (non-hydrogen) atoms. The molecular weight excluding hydrogens is 372 g/mol. The summed E-state index contributed by atoms with van der Waals surface area (Å²) in [5, 5.41) is 8.79. The number of hydrogen-bond donors (Lipinski definition) is 2. The number of nitrogens with zero attached hydrogens (tertiary/aromatic N) is 1. The van der Waals surface area contributed by atoms with Crippen LogP contribution in [0.3, 0.4) is 0 Å². The predicted molar refractivity (Wildman–Crippen MR) is 96.3 cm³/mol. The largest absolute Gasteiger partial charge is 0.481 e. The standard InChI is InChI=1S/C18H24N2O6S/c21-17(20-7-1-2-13(10-20)3-6-18(22)23)9-19-27(24,25)16-5-4-14-11-26-12-15(14)8-16/h4-5,8,13,19H,1-3,6-7,9-12H2,(H,22,23). The number of nitrogens with one attached hydrogen (secondary N) is 1. The van der Waals surface area contributed by atoms with Crippen LogP contribution in [0, 0.1) is 5.92 Å². The molecule has 1 atom stereocenters. The van der Waals surface area contributed by atoms with E-state index in [1.165, 1.54) is 6.07 Å². The van der Waals surface area contributed by atoms with E-state index in [2.05, 4.69) is 4.72 Å². The van der Waals surface area contributed by atoms with Gasteiger partial charge in [0.1, 0.15) is 0 Å². The first-order chi connectivity index (χ1) is 12.8. The van der Waals surface area contributed by atoms with Crippen molar-refractivity contribution in [2.45, 2.75) is 43.8 Å². The Labute approximate surface area is 158 Å². The normalized spacial score (nSPS) is 19.7. The van der Waals surface area contributed by atoms with Crippen LogP contribution in [-0.2, 0) is 37.6 Å². The highest BCUT2D eigenvalue weighted by Gasteiger charge is 2.25. The Hall–Kier alpha value is -1.97. The number of ether oxygens (including phenoxy) is 1. The molecule has 0 bridgehead atoms. The van der Waals surface area contributed by atoms with Gasteiger partial charge in [0, 0.05) is 19.5 Å². The molecule has 1 fully saturated rings. The van der Waals surface area contributed by atoms with Gasteiger partial charge in [0.05, 0.1) is 24.7 Å². The SMILES string of the molecule is O=C(O)CCC1CCCN(C(=O)CNS(=O)(=O)c2ccc3c(c2)COC3)C1. The molecule has 0 aromatic heterocycles. The number of hydrogen-bond acceptors (Lipinski definition) is 5. The molecule has 8 nitrogen and oxygen atoms in total. The maximum Gasteiger partial charge on any atom is 0.303 e. The molecule has 1 aromatic rings. The van der Waals surface area contributed by atoms with Crippen LogP contribution >= 0.6 is 0 Å². The van der Waals surface area contributed by atoms with Crippen LogP contribution in [0.5, 0.6) is 0 Å². The molecule has 2 aliphatic heterocycles. The van der Waals surface area contributed by atoms with Gasteiger partial charge >= 0.3 is 5.97 Å². The van der Waals surface area contributed by atoms with Crippen molar-refractivity contribution >= 4 is 21.9 Å². The molecule has 9 heteroatoms. The average Bonchev–Trinajstić information content (AvgIpc) is 3.12. The van der Waals surface area contributed by atoms with Gasteiger partial charge in [0.25, 0.3) is 0 Å². The highest BCUT2D eigenvalue weighted by molar-refractivity contribution is 7.89. The summed E-state index contributed by atoms with van der Waals surface area (Å²) < 4.78 is 32.6. The van der Waals surface area contributed by atoms with Gasteiger partial charge in [-0.2, -0.15) is 0 Å². The monoisotopic (exact) mass is 396 g/mol. The first kappa shape index (κ1) is 19.8. The van der Waals surface area contributed by atoms with Crippen molar-refractivity contribution in [2.24, 2.45) is 5.92 Å². The topological polar surface area (TPSA) is 113 Å². The molecular formula is C18H24N2O6S. The summed E-state index contributed by atoms with van der Waals surface area (Å²) in [6.45, 7) is 1.62. The number of carbonyl (C=O) groups is 2. The summed E-state index contributed by atoms with van der Waals surface area (Å²) in [5.41, 5.74) is 1.83. The fourth-order valence-corrected chi connectivity index (χ4v) is 4.55. The van der Waals surface area contributed by atoms with Crippen molar-refractivity contribution in [1.82, 2.24) is 9.62 Å². The zero-order chi connectivity index (χ0) is 19.4. The summed E-state index contributed by atoms with van der Waals surface area (Å²) in [6.07, 6.45) is 2.30. The highest BCUT2D eigenvalue weighted by Crippen LogP contribution is 2.23. The second-order valence-electron chi connectivity index (χ2n) is 7.03. The fraction of sp³-hybridized carbons (Fsp3) is 0.556. The molecule has 0 spiro atoms. The third-order valence-corrected chi connectivity index (χ3v) is 6.45. The number of rotatable bonds is 7. The number of carboxylic acids is 1. The van der Waals surface area contributed by atoms with Crippen LogP contribution in [0.4, 0.5) is 0 Å². The third-order valence-electron chi connectivity index (χ3n) is 5.05. The summed E-state index contributed by atoms with van der Waals surface area (Å²) in [5.74, 6) is -0.985. The van der Waals surface area contributed by atoms with E-state index in [4.69, 9.17) is 9.84 Å². The first-order valence-electron chi connectivity index (χ1n) is 9.04. The summed E-state index contributed by atoms with van der Waals surface area (Å²) >= 11 is 0. The minimum absolute atomic E-state index is 0.0847. The molecule has 0 radical (unpaired) electrons. The smallest absolute Gasteiger partial charge is 0.303 e. The van der Waals surface area contributed by atoms with Gasteiger partial charge in [-0.15, -0.1) is 0 Å². The molecule has 0 saturated carbocycles. The van der Waals surface area contributed by atoms with E-state index in [-0.39, 0.29) is 29.7 Å². The van der Waals surface area contributed by atoms with E-state index in [1.807, 2.05) is 0 Å². The number of carboxylic acid groups (broad SMARTS) is 1. The number of carbonyl (C=O) groups excluding carboxylic acids is 1. The Morgan fingerprint density at radius 1 is 1.26 bits per heavy atom. The molecule has 1 amide bonds. The highest BCUT2D eigenvalue weighted by atomic mass is 32.2. The molecule has 1 unspecified atom stereocenters. The van der Waals surface area contributed by atoms with Crippen molar-refractivity contribution in [3.63, 3.8) is 0 Å².